The van der Waals surface area contributed by atoms with Crippen molar-refractivity contribution in [3.8, 4) is 17.1 Å². The number of rotatable bonds is 6. The first-order chi connectivity index (χ1) is 15.1. The Morgan fingerprint density at radius 3 is 2.29 bits per heavy atom. The van der Waals surface area contributed by atoms with E-state index in [0.29, 0.717) is 39.8 Å². The first-order valence-corrected chi connectivity index (χ1v) is 9.19. The minimum atomic E-state index is -0.339. The molecule has 0 saturated heterocycles. The summed E-state index contributed by atoms with van der Waals surface area (Å²) in [6.07, 6.45) is 1.55. The summed E-state index contributed by atoms with van der Waals surface area (Å²) in [5.41, 5.74) is 2.41. The fourth-order valence-electron chi connectivity index (χ4n) is 2.79. The summed E-state index contributed by atoms with van der Waals surface area (Å²) in [5.74, 6) is 0.178. The summed E-state index contributed by atoms with van der Waals surface area (Å²) in [7, 11) is 1.51. The zero-order valence-corrected chi connectivity index (χ0v) is 16.4. The Kier molecular flexibility index (Phi) is 5.61. The second-order valence-electron chi connectivity index (χ2n) is 6.39. The number of nitrogens with one attached hydrogen (secondary N) is 3. The zero-order valence-electron chi connectivity index (χ0n) is 16.4. The second-order valence-corrected chi connectivity index (χ2v) is 6.39. The van der Waals surface area contributed by atoms with Crippen LogP contribution in [0, 0.1) is 0 Å². The molecular weight excluding hydrogens is 398 g/mol. The number of amides is 2. The molecule has 4 rings (SSSR count). The highest BCUT2D eigenvalue weighted by Gasteiger charge is 2.13. The van der Waals surface area contributed by atoms with Crippen LogP contribution in [0.5, 0.6) is 5.75 Å². The van der Waals surface area contributed by atoms with E-state index in [4.69, 9.17) is 4.74 Å². The van der Waals surface area contributed by atoms with Gasteiger partial charge >= 0.3 is 0 Å². The minimum absolute atomic E-state index is 0.315. The smallest absolute Gasteiger partial charge is 0.274 e. The third-order valence-corrected chi connectivity index (χ3v) is 4.31. The van der Waals surface area contributed by atoms with Gasteiger partial charge in [0.2, 0.25) is 5.82 Å². The lowest BCUT2D eigenvalue weighted by Gasteiger charge is -2.10. The number of nitrogens with zero attached hydrogens (tertiary/aromatic N) is 4. The molecule has 0 bridgehead atoms. The average molecular weight is 415 g/mol. The van der Waals surface area contributed by atoms with Gasteiger partial charge < -0.3 is 15.4 Å². The van der Waals surface area contributed by atoms with E-state index in [9.17, 15) is 9.59 Å². The van der Waals surface area contributed by atoms with Crippen LogP contribution < -0.4 is 15.4 Å². The number of ether oxygens (including phenoxy) is 1. The van der Waals surface area contributed by atoms with Gasteiger partial charge in [0.25, 0.3) is 11.8 Å². The van der Waals surface area contributed by atoms with Crippen molar-refractivity contribution in [2.24, 2.45) is 0 Å². The van der Waals surface area contributed by atoms with Gasteiger partial charge in [0.05, 0.1) is 7.11 Å². The highest BCUT2D eigenvalue weighted by molar-refractivity contribution is 6.06. The van der Waals surface area contributed by atoms with Gasteiger partial charge in [0.15, 0.2) is 0 Å². The summed E-state index contributed by atoms with van der Waals surface area (Å²) in [6, 6.07) is 16.8. The molecule has 0 aliphatic carbocycles. The quantitative estimate of drug-likeness (QED) is 0.441. The maximum absolute atomic E-state index is 12.7. The molecule has 2 heterocycles. The van der Waals surface area contributed by atoms with Crippen LogP contribution in [-0.4, -0.2) is 44.5 Å². The molecule has 2 aromatic heterocycles. The van der Waals surface area contributed by atoms with Crippen LogP contribution in [0.15, 0.2) is 66.9 Å². The lowest BCUT2D eigenvalue weighted by Crippen LogP contribution is -2.14. The van der Waals surface area contributed by atoms with Gasteiger partial charge in [-0.3, -0.25) is 14.6 Å². The fourth-order valence-corrected chi connectivity index (χ4v) is 2.79. The molecule has 2 amide bonds. The highest BCUT2D eigenvalue weighted by atomic mass is 16.5. The number of hydrogen-bond acceptors (Lipinski definition) is 7. The number of tetrazole rings is 1. The number of pyridine rings is 1. The SMILES string of the molecule is COc1cc(C(=O)Nc2ccc(NC(=O)c3ccccn3)cc2)cc(-c2nn[nH]n2)c1. The Hall–Kier alpha value is -4.60. The molecule has 10 heteroatoms. The maximum atomic E-state index is 12.7. The first-order valence-electron chi connectivity index (χ1n) is 9.19. The number of carbonyl (C=O) groups excluding carboxylic acids is 2. The van der Waals surface area contributed by atoms with Crippen molar-refractivity contribution in [2.45, 2.75) is 0 Å². The van der Waals surface area contributed by atoms with Crippen LogP contribution in [0.4, 0.5) is 11.4 Å². The monoisotopic (exact) mass is 415 g/mol. The van der Waals surface area contributed by atoms with Crippen molar-refractivity contribution in [1.82, 2.24) is 25.6 Å². The molecule has 154 valence electrons. The van der Waals surface area contributed by atoms with Crippen LogP contribution in [-0.2, 0) is 0 Å². The molecule has 31 heavy (non-hydrogen) atoms. The lowest BCUT2D eigenvalue weighted by atomic mass is 10.1. The number of benzene rings is 2. The molecule has 0 radical (unpaired) electrons. The predicted octanol–water partition coefficient (Wildman–Crippen LogP) is 2.77. The number of aromatic amines is 1. The number of carbonyl (C=O) groups is 2. The molecule has 0 saturated carbocycles. The summed E-state index contributed by atoms with van der Waals surface area (Å²) < 4.78 is 5.27. The van der Waals surface area contributed by atoms with Crippen molar-refractivity contribution in [1.29, 1.82) is 0 Å². The molecule has 4 aromatic rings. The van der Waals surface area contributed by atoms with Crippen LogP contribution in [0.3, 0.4) is 0 Å². The number of anilines is 2. The van der Waals surface area contributed by atoms with Crippen molar-refractivity contribution in [3.05, 3.63) is 78.1 Å². The number of methoxy groups -OCH3 is 1. The summed E-state index contributed by atoms with van der Waals surface area (Å²) in [4.78, 5) is 28.9. The number of hydrogen-bond donors (Lipinski definition) is 3. The van der Waals surface area contributed by atoms with E-state index in [0.717, 1.165) is 0 Å². The van der Waals surface area contributed by atoms with Crippen LogP contribution in [0.1, 0.15) is 20.8 Å². The average Bonchev–Trinajstić information content (AvgIpc) is 3.35. The molecule has 10 nitrogen and oxygen atoms in total. The van der Waals surface area contributed by atoms with Gasteiger partial charge in [-0.15, -0.1) is 10.2 Å². The molecule has 2 aromatic carbocycles. The standard InChI is InChI=1S/C21H17N7O3/c1-31-17-11-13(19-25-27-28-26-19)10-14(12-17)20(29)23-15-5-7-16(8-6-15)24-21(30)18-4-2-3-9-22-18/h2-12H,1H3,(H,23,29)(H,24,30)(H,25,26,27,28). The molecule has 0 spiro atoms. The van der Waals surface area contributed by atoms with Crippen LogP contribution in [0.25, 0.3) is 11.4 Å². The van der Waals surface area contributed by atoms with E-state index in [-0.39, 0.29) is 11.8 Å². The van der Waals surface area contributed by atoms with Gasteiger partial charge in [-0.05, 0) is 59.8 Å². The number of aromatic nitrogens is 5. The van der Waals surface area contributed by atoms with E-state index in [1.807, 2.05) is 0 Å². The van der Waals surface area contributed by atoms with E-state index < -0.39 is 0 Å². The Morgan fingerprint density at radius 2 is 1.68 bits per heavy atom. The first kappa shape index (κ1) is 19.7. The van der Waals surface area contributed by atoms with Crippen LogP contribution >= 0.6 is 0 Å². The predicted molar refractivity (Wildman–Crippen MR) is 113 cm³/mol. The van der Waals surface area contributed by atoms with Crippen molar-refractivity contribution in [3.63, 3.8) is 0 Å². The van der Waals surface area contributed by atoms with Crippen molar-refractivity contribution >= 4 is 23.2 Å². The Balaban J connectivity index is 1.46. The summed E-state index contributed by atoms with van der Waals surface area (Å²) >= 11 is 0. The molecule has 0 fully saturated rings. The largest absolute Gasteiger partial charge is 0.497 e. The summed E-state index contributed by atoms with van der Waals surface area (Å²) in [5, 5.41) is 19.3. The molecule has 0 aliphatic heterocycles. The van der Waals surface area contributed by atoms with Gasteiger partial charge in [0, 0.05) is 28.7 Å². The number of H-pyrrole nitrogens is 1. The lowest BCUT2D eigenvalue weighted by molar-refractivity contribution is 0.101. The Morgan fingerprint density at radius 1 is 0.935 bits per heavy atom. The molecule has 3 N–H and O–H groups in total. The van der Waals surface area contributed by atoms with E-state index >= 15 is 0 Å². The van der Waals surface area contributed by atoms with E-state index in [2.05, 4.69) is 36.2 Å². The van der Waals surface area contributed by atoms with Gasteiger partial charge in [0.1, 0.15) is 11.4 Å². The van der Waals surface area contributed by atoms with Gasteiger partial charge in [-0.2, -0.15) is 5.21 Å². The maximum Gasteiger partial charge on any atom is 0.274 e. The van der Waals surface area contributed by atoms with E-state index in [1.165, 1.54) is 7.11 Å². The third kappa shape index (κ3) is 4.70. The molecule has 0 unspecified atom stereocenters. The second kappa shape index (κ2) is 8.82. The van der Waals surface area contributed by atoms with Gasteiger partial charge in [-0.25, -0.2) is 0 Å². The Labute approximate surface area is 176 Å². The third-order valence-electron chi connectivity index (χ3n) is 4.31. The zero-order chi connectivity index (χ0) is 21.6. The minimum Gasteiger partial charge on any atom is -0.497 e. The van der Waals surface area contributed by atoms with E-state index in [1.54, 1.807) is 66.9 Å². The fraction of sp³-hybridized carbons (Fsp3) is 0.0476. The van der Waals surface area contributed by atoms with Gasteiger partial charge in [-0.1, -0.05) is 6.07 Å². The highest BCUT2D eigenvalue weighted by Crippen LogP contribution is 2.24. The van der Waals surface area contributed by atoms with Crippen molar-refractivity contribution < 1.29 is 14.3 Å². The molecule has 0 atom stereocenters. The van der Waals surface area contributed by atoms with Crippen molar-refractivity contribution in [2.75, 3.05) is 17.7 Å². The molecule has 0 aliphatic rings. The topological polar surface area (TPSA) is 135 Å². The summed E-state index contributed by atoms with van der Waals surface area (Å²) in [6.45, 7) is 0. The molecular formula is C21H17N7O3. The van der Waals surface area contributed by atoms with Crippen LogP contribution in [0.2, 0.25) is 0 Å². The Bertz CT molecular complexity index is 1190. The normalized spacial score (nSPS) is 10.4.